The number of amides is 2. The van der Waals surface area contributed by atoms with Gasteiger partial charge in [-0.2, -0.15) is 0 Å². The van der Waals surface area contributed by atoms with Gasteiger partial charge in [0.15, 0.2) is 6.61 Å². The second-order valence-corrected chi connectivity index (χ2v) is 5.24. The van der Waals surface area contributed by atoms with Crippen LogP contribution in [0.4, 0.5) is 0 Å². The van der Waals surface area contributed by atoms with Crippen LogP contribution in [0.2, 0.25) is 0 Å². The van der Waals surface area contributed by atoms with Crippen molar-refractivity contribution in [1.82, 2.24) is 10.9 Å². The molecule has 0 bridgehead atoms. The zero-order valence-corrected chi connectivity index (χ0v) is 14.3. The van der Waals surface area contributed by atoms with Crippen molar-refractivity contribution in [3.05, 3.63) is 40.4 Å². The van der Waals surface area contributed by atoms with Crippen molar-refractivity contribution in [3.63, 3.8) is 0 Å². The Labute approximate surface area is 142 Å². The van der Waals surface area contributed by atoms with E-state index in [-0.39, 0.29) is 13.2 Å². The molecule has 0 aliphatic carbocycles. The minimum Gasteiger partial charge on any atom is -0.483 e. The maximum Gasteiger partial charge on any atom is 0.330 e. The molecule has 0 heterocycles. The molecule has 0 aromatic heterocycles. The van der Waals surface area contributed by atoms with E-state index in [2.05, 4.69) is 31.5 Å². The van der Waals surface area contributed by atoms with E-state index in [9.17, 15) is 14.4 Å². The van der Waals surface area contributed by atoms with Gasteiger partial charge in [0.05, 0.1) is 6.61 Å². The summed E-state index contributed by atoms with van der Waals surface area (Å²) in [5.41, 5.74) is 5.15. The van der Waals surface area contributed by atoms with Crippen molar-refractivity contribution in [2.75, 3.05) is 13.2 Å². The predicted molar refractivity (Wildman–Crippen MR) is 86.4 cm³/mol. The standard InChI is InChI=1S/C15H17BrN2O5/c1-3-22-15(21)7-6-13(19)17-18-14(20)9-23-12-5-4-11(16)8-10(12)2/h4-8H,3,9H2,1-2H3,(H,17,19)(H,18,20). The van der Waals surface area contributed by atoms with Crippen LogP contribution in [0.1, 0.15) is 12.5 Å². The molecule has 1 rings (SSSR count). The van der Waals surface area contributed by atoms with Gasteiger partial charge in [-0.25, -0.2) is 4.79 Å². The van der Waals surface area contributed by atoms with Crippen LogP contribution >= 0.6 is 15.9 Å². The first kappa shape index (κ1) is 18.7. The van der Waals surface area contributed by atoms with Gasteiger partial charge in [-0.3, -0.25) is 20.4 Å². The summed E-state index contributed by atoms with van der Waals surface area (Å²) in [6.45, 7) is 3.46. The topological polar surface area (TPSA) is 93.7 Å². The second-order valence-electron chi connectivity index (χ2n) is 4.32. The molecule has 0 radical (unpaired) electrons. The summed E-state index contributed by atoms with van der Waals surface area (Å²) in [5.74, 6) is -1.27. The smallest absolute Gasteiger partial charge is 0.330 e. The van der Waals surface area contributed by atoms with E-state index in [1.807, 2.05) is 13.0 Å². The lowest BCUT2D eigenvalue weighted by atomic mass is 10.2. The molecule has 0 spiro atoms. The normalized spacial score (nSPS) is 10.2. The summed E-state index contributed by atoms with van der Waals surface area (Å²) in [5, 5.41) is 0. The molecule has 1 aromatic carbocycles. The zero-order chi connectivity index (χ0) is 17.2. The Balaban J connectivity index is 2.34. The maximum absolute atomic E-state index is 11.6. The summed E-state index contributed by atoms with van der Waals surface area (Å²) >= 11 is 3.33. The Hall–Kier alpha value is -2.35. The van der Waals surface area contributed by atoms with Crippen molar-refractivity contribution >= 4 is 33.7 Å². The van der Waals surface area contributed by atoms with Crippen LogP contribution in [0, 0.1) is 6.92 Å². The van der Waals surface area contributed by atoms with Gasteiger partial charge in [0.1, 0.15) is 5.75 Å². The third-order valence-electron chi connectivity index (χ3n) is 2.48. The zero-order valence-electron chi connectivity index (χ0n) is 12.7. The largest absolute Gasteiger partial charge is 0.483 e. The highest BCUT2D eigenvalue weighted by Gasteiger charge is 2.06. The van der Waals surface area contributed by atoms with Gasteiger partial charge in [0.2, 0.25) is 0 Å². The molecule has 0 aliphatic rings. The minimum absolute atomic E-state index is 0.217. The Morgan fingerprint density at radius 1 is 1.22 bits per heavy atom. The third kappa shape index (κ3) is 7.46. The van der Waals surface area contributed by atoms with E-state index < -0.39 is 17.8 Å². The fourth-order valence-corrected chi connectivity index (χ4v) is 1.94. The van der Waals surface area contributed by atoms with E-state index in [1.54, 1.807) is 19.1 Å². The number of carbonyl (C=O) groups excluding carboxylic acids is 3. The molecule has 2 amide bonds. The van der Waals surface area contributed by atoms with E-state index >= 15 is 0 Å². The number of aryl methyl sites for hydroxylation is 1. The Morgan fingerprint density at radius 2 is 1.96 bits per heavy atom. The van der Waals surface area contributed by atoms with Gasteiger partial charge >= 0.3 is 5.97 Å². The molecule has 0 aliphatic heterocycles. The van der Waals surface area contributed by atoms with Crippen LogP contribution in [-0.2, 0) is 19.1 Å². The van der Waals surface area contributed by atoms with Gasteiger partial charge in [0, 0.05) is 16.6 Å². The fourth-order valence-electron chi connectivity index (χ4n) is 1.46. The fraction of sp³-hybridized carbons (Fsp3) is 0.267. The van der Waals surface area contributed by atoms with E-state index in [4.69, 9.17) is 4.74 Å². The van der Waals surface area contributed by atoms with Crippen molar-refractivity contribution in [2.24, 2.45) is 0 Å². The van der Waals surface area contributed by atoms with Gasteiger partial charge in [-0.15, -0.1) is 0 Å². The maximum atomic E-state index is 11.6. The van der Waals surface area contributed by atoms with Crippen LogP contribution in [0.5, 0.6) is 5.75 Å². The number of esters is 1. The van der Waals surface area contributed by atoms with Crippen molar-refractivity contribution in [1.29, 1.82) is 0 Å². The SMILES string of the molecule is CCOC(=O)C=CC(=O)NNC(=O)COc1ccc(Br)cc1C. The number of ether oxygens (including phenoxy) is 2. The van der Waals surface area contributed by atoms with Crippen molar-refractivity contribution < 1.29 is 23.9 Å². The van der Waals surface area contributed by atoms with Gasteiger partial charge in [-0.05, 0) is 37.6 Å². The Bertz CT molecular complexity index is 616. The Kier molecular flexibility index (Phi) is 7.82. The highest BCUT2D eigenvalue weighted by Crippen LogP contribution is 2.21. The number of hydrogen-bond donors (Lipinski definition) is 2. The molecule has 0 fully saturated rings. The van der Waals surface area contributed by atoms with Crippen LogP contribution in [0.3, 0.4) is 0 Å². The highest BCUT2D eigenvalue weighted by molar-refractivity contribution is 9.10. The second kappa shape index (κ2) is 9.62. The average molecular weight is 385 g/mol. The number of hydrazine groups is 1. The van der Waals surface area contributed by atoms with Crippen LogP contribution in [0.25, 0.3) is 0 Å². The average Bonchev–Trinajstić information content (AvgIpc) is 2.50. The molecule has 0 atom stereocenters. The lowest BCUT2D eigenvalue weighted by Crippen LogP contribution is -2.43. The summed E-state index contributed by atoms with van der Waals surface area (Å²) in [6, 6.07) is 5.38. The Morgan fingerprint density at radius 3 is 2.61 bits per heavy atom. The summed E-state index contributed by atoms with van der Waals surface area (Å²) in [4.78, 5) is 33.9. The van der Waals surface area contributed by atoms with E-state index in [1.165, 1.54) is 0 Å². The quantitative estimate of drug-likeness (QED) is 0.439. The molecule has 2 N–H and O–H groups in total. The predicted octanol–water partition coefficient (Wildman–Crippen LogP) is 1.40. The molecule has 1 aromatic rings. The van der Waals surface area contributed by atoms with Gasteiger partial charge in [0.25, 0.3) is 11.8 Å². The van der Waals surface area contributed by atoms with Crippen molar-refractivity contribution in [3.8, 4) is 5.75 Å². The van der Waals surface area contributed by atoms with Crippen LogP contribution in [0.15, 0.2) is 34.8 Å². The van der Waals surface area contributed by atoms with Crippen molar-refractivity contribution in [2.45, 2.75) is 13.8 Å². The molecule has 0 saturated carbocycles. The molecule has 23 heavy (non-hydrogen) atoms. The lowest BCUT2D eigenvalue weighted by Gasteiger charge is -2.09. The third-order valence-corrected chi connectivity index (χ3v) is 2.97. The minimum atomic E-state index is -0.661. The number of halogens is 1. The molecule has 8 heteroatoms. The number of benzene rings is 1. The van der Waals surface area contributed by atoms with E-state index in [0.717, 1.165) is 22.2 Å². The first-order valence-electron chi connectivity index (χ1n) is 6.75. The van der Waals surface area contributed by atoms with Gasteiger partial charge in [-0.1, -0.05) is 15.9 Å². The number of rotatable bonds is 6. The van der Waals surface area contributed by atoms with Crippen LogP contribution in [-0.4, -0.2) is 31.0 Å². The molecule has 124 valence electrons. The summed E-state index contributed by atoms with van der Waals surface area (Å²) in [7, 11) is 0. The molecular formula is C15H17BrN2O5. The molecule has 0 saturated heterocycles. The van der Waals surface area contributed by atoms with Gasteiger partial charge < -0.3 is 9.47 Å². The molecular weight excluding hydrogens is 368 g/mol. The molecule has 7 nitrogen and oxygen atoms in total. The highest BCUT2D eigenvalue weighted by atomic mass is 79.9. The van der Waals surface area contributed by atoms with Crippen LogP contribution < -0.4 is 15.6 Å². The lowest BCUT2D eigenvalue weighted by molar-refractivity contribution is -0.137. The first-order chi connectivity index (χ1) is 10.9. The number of nitrogens with one attached hydrogen (secondary N) is 2. The summed E-state index contributed by atoms with van der Waals surface area (Å²) in [6.07, 6.45) is 1.92. The number of hydrogen-bond acceptors (Lipinski definition) is 5. The number of carbonyl (C=O) groups is 3. The monoisotopic (exact) mass is 384 g/mol. The van der Waals surface area contributed by atoms with E-state index in [0.29, 0.717) is 5.75 Å². The first-order valence-corrected chi connectivity index (χ1v) is 7.54. The summed E-state index contributed by atoms with van der Waals surface area (Å²) < 4.78 is 10.9. The molecule has 0 unspecified atom stereocenters.